The maximum atomic E-state index is 2.54. The van der Waals surface area contributed by atoms with Crippen LogP contribution in [-0.4, -0.2) is 8.80 Å². The van der Waals surface area contributed by atoms with Gasteiger partial charge in [-0.2, -0.15) is 0 Å². The minimum Gasteiger partial charge on any atom is -0.0704 e. The molecule has 52 heavy (non-hydrogen) atoms. The molecule has 0 bridgehead atoms. The summed E-state index contributed by atoms with van der Waals surface area (Å²) in [5.74, 6) is 0.248. The summed E-state index contributed by atoms with van der Waals surface area (Å²) >= 11 is 0. The predicted octanol–water partition coefficient (Wildman–Crippen LogP) is 13.4. The number of rotatable bonds is 8. The van der Waals surface area contributed by atoms with E-state index in [0.717, 1.165) is 0 Å². The van der Waals surface area contributed by atoms with Gasteiger partial charge in [0.2, 0.25) is 0 Å². The van der Waals surface area contributed by atoms with Gasteiger partial charge in [-0.25, -0.2) is 0 Å². The monoisotopic (exact) mass is 687 g/mol. The van der Waals surface area contributed by atoms with E-state index < -0.39 is 14.2 Å². The largest absolute Gasteiger partial charge is 0.0725 e. The normalized spacial score (nSPS) is 16.3. The zero-order valence-electron chi connectivity index (χ0n) is 31.0. The molecule has 255 valence electrons. The van der Waals surface area contributed by atoms with Gasteiger partial charge in [-0.05, 0) is 89.4 Å². The molecule has 0 aliphatic heterocycles. The summed E-state index contributed by atoms with van der Waals surface area (Å²) in [7, 11) is -0.515. The van der Waals surface area contributed by atoms with Crippen LogP contribution < -0.4 is 0 Å². The molecule has 0 amide bonds. The SMILES string of the molecule is CC[Si](C)C(C)(C)c1ccc(C2=CC(C)C=C3C(=C2)C(c2ccccc2-c2ccccc2)(c2ccccc2-c2ccccc2)c2ccccc23)cc1. The van der Waals surface area contributed by atoms with Crippen LogP contribution >= 0.6 is 0 Å². The summed E-state index contributed by atoms with van der Waals surface area (Å²) < 4.78 is 0. The first kappa shape index (κ1) is 33.9. The zero-order chi connectivity index (χ0) is 35.9. The lowest BCUT2D eigenvalue weighted by molar-refractivity contribution is 0.731. The van der Waals surface area contributed by atoms with Crippen LogP contribution in [0.25, 0.3) is 33.4 Å². The van der Waals surface area contributed by atoms with Gasteiger partial charge >= 0.3 is 0 Å². The summed E-state index contributed by atoms with van der Waals surface area (Å²) in [6, 6.07) is 60.1. The van der Waals surface area contributed by atoms with Gasteiger partial charge in [0, 0.05) is 0 Å². The minimum atomic E-state index is -0.590. The van der Waals surface area contributed by atoms with Crippen LogP contribution in [0.15, 0.2) is 182 Å². The van der Waals surface area contributed by atoms with Crippen molar-refractivity contribution in [2.45, 2.75) is 50.7 Å². The van der Waals surface area contributed by atoms with E-state index in [0.29, 0.717) is 0 Å². The Labute approximate surface area is 312 Å². The van der Waals surface area contributed by atoms with Crippen molar-refractivity contribution >= 4 is 19.9 Å². The van der Waals surface area contributed by atoms with E-state index in [2.05, 4.69) is 210 Å². The summed E-state index contributed by atoms with van der Waals surface area (Å²) in [6.07, 6.45) is 7.53. The highest BCUT2D eigenvalue weighted by Gasteiger charge is 2.50. The zero-order valence-corrected chi connectivity index (χ0v) is 32.0. The summed E-state index contributed by atoms with van der Waals surface area (Å²) in [5, 5.41) is 0.209. The van der Waals surface area contributed by atoms with Crippen LogP contribution in [-0.2, 0) is 10.5 Å². The summed E-state index contributed by atoms with van der Waals surface area (Å²) in [4.78, 5) is 0. The van der Waals surface area contributed by atoms with Crippen molar-refractivity contribution in [1.29, 1.82) is 0 Å². The number of fused-ring (bicyclic) bond motifs is 3. The number of allylic oxidation sites excluding steroid dienone is 6. The van der Waals surface area contributed by atoms with Crippen LogP contribution in [0.4, 0.5) is 0 Å². The van der Waals surface area contributed by atoms with Gasteiger partial charge in [0.15, 0.2) is 0 Å². The van der Waals surface area contributed by atoms with E-state index in [1.54, 1.807) is 0 Å². The molecular formula is C51H47Si. The fourth-order valence-electron chi connectivity index (χ4n) is 8.73. The first-order chi connectivity index (χ1) is 25.3. The average Bonchev–Trinajstić information content (AvgIpc) is 3.33. The molecule has 8 rings (SSSR count). The van der Waals surface area contributed by atoms with E-state index in [1.807, 2.05) is 0 Å². The van der Waals surface area contributed by atoms with Crippen molar-refractivity contribution in [3.8, 4) is 22.3 Å². The van der Waals surface area contributed by atoms with Crippen LogP contribution in [0, 0.1) is 5.92 Å². The molecule has 1 heteroatoms. The topological polar surface area (TPSA) is 0 Å². The Hall–Kier alpha value is -5.24. The number of hydrogen-bond donors (Lipinski definition) is 0. The van der Waals surface area contributed by atoms with E-state index in [4.69, 9.17) is 0 Å². The molecule has 0 heterocycles. The second-order valence-corrected chi connectivity index (χ2v) is 18.6. The molecule has 0 saturated heterocycles. The second-order valence-electron chi connectivity index (χ2n) is 15.1. The Morgan fingerprint density at radius 2 is 1.00 bits per heavy atom. The van der Waals surface area contributed by atoms with E-state index in [1.165, 1.54) is 78.4 Å². The van der Waals surface area contributed by atoms with Crippen LogP contribution in [0.2, 0.25) is 12.6 Å². The molecule has 0 N–H and O–H groups in total. The lowest BCUT2D eigenvalue weighted by Gasteiger charge is -2.37. The van der Waals surface area contributed by atoms with Crippen molar-refractivity contribution in [1.82, 2.24) is 0 Å². The van der Waals surface area contributed by atoms with Gasteiger partial charge in [0.25, 0.3) is 0 Å². The van der Waals surface area contributed by atoms with Crippen molar-refractivity contribution in [3.63, 3.8) is 0 Å². The van der Waals surface area contributed by atoms with Gasteiger partial charge < -0.3 is 0 Å². The van der Waals surface area contributed by atoms with Gasteiger partial charge in [-0.3, -0.25) is 0 Å². The molecular weight excluding hydrogens is 641 g/mol. The third-order valence-electron chi connectivity index (χ3n) is 11.9. The fraction of sp³-hybridized carbons (Fsp3) is 0.176. The van der Waals surface area contributed by atoms with Gasteiger partial charge in [-0.15, -0.1) is 0 Å². The second kappa shape index (κ2) is 13.7. The molecule has 0 spiro atoms. The van der Waals surface area contributed by atoms with Crippen molar-refractivity contribution in [2.75, 3.05) is 0 Å². The third-order valence-corrected chi connectivity index (χ3v) is 15.3. The lowest BCUT2D eigenvalue weighted by Crippen LogP contribution is -2.34. The molecule has 2 aliphatic carbocycles. The van der Waals surface area contributed by atoms with Gasteiger partial charge in [0.05, 0.1) is 14.2 Å². The first-order valence-corrected chi connectivity index (χ1v) is 21.0. The summed E-state index contributed by atoms with van der Waals surface area (Å²) in [6.45, 7) is 12.0. The predicted molar refractivity (Wildman–Crippen MR) is 225 cm³/mol. The Morgan fingerprint density at radius 1 is 0.538 bits per heavy atom. The number of benzene rings is 6. The quantitative estimate of drug-likeness (QED) is 0.140. The molecule has 1 atom stereocenters. The highest BCUT2D eigenvalue weighted by molar-refractivity contribution is 6.60. The third kappa shape index (κ3) is 5.60. The minimum absolute atomic E-state index is 0.209. The Morgan fingerprint density at radius 3 is 1.52 bits per heavy atom. The van der Waals surface area contributed by atoms with Gasteiger partial charge in [-0.1, -0.05) is 210 Å². The Kier molecular flexibility index (Phi) is 8.93. The molecule has 0 saturated carbocycles. The average molecular weight is 688 g/mol. The molecule has 6 aromatic carbocycles. The van der Waals surface area contributed by atoms with E-state index in [-0.39, 0.29) is 11.0 Å². The number of hydrogen-bond acceptors (Lipinski definition) is 0. The van der Waals surface area contributed by atoms with Crippen LogP contribution in [0.1, 0.15) is 61.1 Å². The van der Waals surface area contributed by atoms with Gasteiger partial charge in [0.1, 0.15) is 0 Å². The molecule has 0 fully saturated rings. The lowest BCUT2D eigenvalue weighted by atomic mass is 9.63. The van der Waals surface area contributed by atoms with Crippen molar-refractivity contribution in [2.24, 2.45) is 5.92 Å². The molecule has 1 unspecified atom stereocenters. The maximum Gasteiger partial charge on any atom is 0.0725 e. The smallest absolute Gasteiger partial charge is 0.0704 e. The maximum absolute atomic E-state index is 2.54. The van der Waals surface area contributed by atoms with Crippen LogP contribution in [0.5, 0.6) is 0 Å². The van der Waals surface area contributed by atoms with Crippen molar-refractivity contribution in [3.05, 3.63) is 215 Å². The fourth-order valence-corrected chi connectivity index (χ4v) is 10.3. The van der Waals surface area contributed by atoms with E-state index in [9.17, 15) is 0 Å². The standard InChI is InChI=1S/C51H47Si/c1-6-52(5)50(3,4)41-31-29-37(30-32-41)40-33-36(2)34-45-44-25-15-18-28-48(44)51(49(45)35-40,46-26-16-13-23-42(46)38-19-9-7-10-20-38)47-27-17-14-24-43(47)39-21-11-8-12-22-39/h7-36H,6H2,1-5H3. The molecule has 6 aromatic rings. The summed E-state index contributed by atoms with van der Waals surface area (Å²) in [5.41, 5.74) is 16.3. The highest BCUT2D eigenvalue weighted by Crippen LogP contribution is 2.61. The molecule has 1 radical (unpaired) electrons. The van der Waals surface area contributed by atoms with E-state index >= 15 is 0 Å². The highest BCUT2D eigenvalue weighted by atomic mass is 28.3. The molecule has 2 aliphatic rings. The molecule has 0 aromatic heterocycles. The Balaban J connectivity index is 1.45. The van der Waals surface area contributed by atoms with Crippen molar-refractivity contribution < 1.29 is 0 Å². The Bertz CT molecular complexity index is 2240. The van der Waals surface area contributed by atoms with Crippen LogP contribution in [0.3, 0.4) is 0 Å². The first-order valence-electron chi connectivity index (χ1n) is 18.8. The molecule has 0 nitrogen and oxygen atoms in total.